The van der Waals surface area contributed by atoms with Crippen molar-refractivity contribution >= 4 is 0 Å². The summed E-state index contributed by atoms with van der Waals surface area (Å²) in [7, 11) is 0. The third-order valence-electron chi connectivity index (χ3n) is 4.09. The summed E-state index contributed by atoms with van der Waals surface area (Å²) >= 11 is 0. The highest BCUT2D eigenvalue weighted by Crippen LogP contribution is 2.25. The fourth-order valence-corrected chi connectivity index (χ4v) is 2.92. The Balaban J connectivity index is 1.80. The molecule has 0 aliphatic carbocycles. The monoisotopic (exact) mass is 286 g/mol. The lowest BCUT2D eigenvalue weighted by Crippen LogP contribution is -2.51. The Morgan fingerprint density at radius 1 is 1.33 bits per heavy atom. The molecule has 0 saturated carbocycles. The van der Waals surface area contributed by atoms with Gasteiger partial charge < -0.3 is 9.84 Å². The molecule has 1 aromatic carbocycles. The third kappa shape index (κ3) is 3.31. The molecule has 0 bridgehead atoms. The second-order valence-electron chi connectivity index (χ2n) is 5.60. The molecule has 0 radical (unpaired) electrons. The number of benzene rings is 1. The quantitative estimate of drug-likeness (QED) is 0.934. The van der Waals surface area contributed by atoms with E-state index in [-0.39, 0.29) is 0 Å². The molecule has 2 unspecified atom stereocenters. The van der Waals surface area contributed by atoms with Gasteiger partial charge in [-0.15, -0.1) is 0 Å². The fourth-order valence-electron chi connectivity index (χ4n) is 2.92. The van der Waals surface area contributed by atoms with Crippen molar-refractivity contribution in [2.24, 2.45) is 0 Å². The number of aromatic nitrogens is 2. The summed E-state index contributed by atoms with van der Waals surface area (Å²) in [6.07, 6.45) is 1.13. The molecule has 2 heterocycles. The summed E-state index contributed by atoms with van der Waals surface area (Å²) in [6, 6.07) is 11.5. The minimum Gasteiger partial charge on any atom is -0.340 e. The first-order chi connectivity index (χ1) is 10.3. The van der Waals surface area contributed by atoms with Crippen molar-refractivity contribution in [3.63, 3.8) is 0 Å². The fraction of sp³-hybridized carbons (Fsp3) is 0.500. The topological polar surface area (TPSA) is 54.2 Å². The van der Waals surface area contributed by atoms with Crippen molar-refractivity contribution in [1.82, 2.24) is 20.4 Å². The Labute approximate surface area is 125 Å². The molecule has 1 aliphatic rings. The largest absolute Gasteiger partial charge is 0.340 e. The van der Waals surface area contributed by atoms with Gasteiger partial charge in [-0.3, -0.25) is 4.90 Å². The summed E-state index contributed by atoms with van der Waals surface area (Å²) in [5.74, 6) is 1.40. The number of hydrogen-bond acceptors (Lipinski definition) is 5. The highest BCUT2D eigenvalue weighted by molar-refractivity contribution is 5.20. The van der Waals surface area contributed by atoms with Crippen molar-refractivity contribution in [3.05, 3.63) is 47.6 Å². The summed E-state index contributed by atoms with van der Waals surface area (Å²) < 4.78 is 5.10. The van der Waals surface area contributed by atoms with Crippen molar-refractivity contribution in [2.45, 2.75) is 38.9 Å². The van der Waals surface area contributed by atoms with E-state index in [1.54, 1.807) is 0 Å². The number of aryl methyl sites for hydroxylation is 1. The van der Waals surface area contributed by atoms with E-state index in [1.807, 2.05) is 6.92 Å². The molecule has 2 aromatic rings. The first-order valence-electron chi connectivity index (χ1n) is 7.58. The van der Waals surface area contributed by atoms with E-state index in [4.69, 9.17) is 4.52 Å². The van der Waals surface area contributed by atoms with Crippen LogP contribution >= 0.6 is 0 Å². The Kier molecular flexibility index (Phi) is 4.31. The molecular formula is C16H22N4O. The van der Waals surface area contributed by atoms with Crippen LogP contribution in [0.2, 0.25) is 0 Å². The molecule has 1 N–H and O–H groups in total. The second-order valence-corrected chi connectivity index (χ2v) is 5.60. The Morgan fingerprint density at radius 2 is 2.14 bits per heavy atom. The van der Waals surface area contributed by atoms with Crippen LogP contribution in [0.1, 0.15) is 36.7 Å². The van der Waals surface area contributed by atoms with E-state index >= 15 is 0 Å². The molecule has 21 heavy (non-hydrogen) atoms. The van der Waals surface area contributed by atoms with Gasteiger partial charge in [-0.1, -0.05) is 42.4 Å². The van der Waals surface area contributed by atoms with E-state index in [0.717, 1.165) is 31.9 Å². The van der Waals surface area contributed by atoms with Gasteiger partial charge >= 0.3 is 0 Å². The lowest BCUT2D eigenvalue weighted by molar-refractivity contribution is 0.116. The highest BCUT2D eigenvalue weighted by Gasteiger charge is 2.29. The van der Waals surface area contributed by atoms with Crippen LogP contribution in [-0.2, 0) is 6.54 Å². The zero-order valence-corrected chi connectivity index (χ0v) is 12.6. The first kappa shape index (κ1) is 14.2. The van der Waals surface area contributed by atoms with Crippen LogP contribution in [0.25, 0.3) is 0 Å². The van der Waals surface area contributed by atoms with Crippen molar-refractivity contribution < 1.29 is 4.52 Å². The molecule has 0 spiro atoms. The van der Waals surface area contributed by atoms with Crippen LogP contribution in [0.5, 0.6) is 0 Å². The Morgan fingerprint density at radius 3 is 2.81 bits per heavy atom. The predicted octanol–water partition coefficient (Wildman–Crippen LogP) is 2.30. The zero-order valence-electron chi connectivity index (χ0n) is 12.6. The molecular weight excluding hydrogens is 264 g/mol. The molecule has 5 nitrogen and oxygen atoms in total. The summed E-state index contributed by atoms with van der Waals surface area (Å²) in [6.45, 7) is 6.74. The standard InChI is InChI=1S/C16H22N4O/c1-3-14-10-20(11-16-18-12(2)21-19-16)15(9-17-14)13-7-5-4-6-8-13/h4-8,14-15,17H,3,9-11H2,1-2H3. The van der Waals surface area contributed by atoms with Gasteiger partial charge in [0, 0.05) is 32.1 Å². The lowest BCUT2D eigenvalue weighted by atomic mass is 10.00. The molecule has 1 aliphatic heterocycles. The number of hydrogen-bond donors (Lipinski definition) is 1. The predicted molar refractivity (Wildman–Crippen MR) is 80.7 cm³/mol. The molecule has 1 aromatic heterocycles. The maximum atomic E-state index is 5.10. The van der Waals surface area contributed by atoms with E-state index in [9.17, 15) is 0 Å². The SMILES string of the molecule is CCC1CN(Cc2noc(C)n2)C(c2ccccc2)CN1. The van der Waals surface area contributed by atoms with E-state index < -0.39 is 0 Å². The van der Waals surface area contributed by atoms with Crippen molar-refractivity contribution in [3.8, 4) is 0 Å². The molecule has 2 atom stereocenters. The number of piperazine rings is 1. The Hall–Kier alpha value is -1.72. The maximum absolute atomic E-state index is 5.10. The van der Waals surface area contributed by atoms with Crippen LogP contribution in [0.3, 0.4) is 0 Å². The van der Waals surface area contributed by atoms with Gasteiger partial charge in [0.1, 0.15) is 0 Å². The van der Waals surface area contributed by atoms with Crippen molar-refractivity contribution in [2.75, 3.05) is 13.1 Å². The molecule has 3 rings (SSSR count). The molecule has 1 fully saturated rings. The summed E-state index contributed by atoms with van der Waals surface area (Å²) in [5.41, 5.74) is 1.33. The third-order valence-corrected chi connectivity index (χ3v) is 4.09. The van der Waals surface area contributed by atoms with Gasteiger partial charge in [-0.2, -0.15) is 4.98 Å². The minimum absolute atomic E-state index is 0.354. The number of nitrogens with zero attached hydrogens (tertiary/aromatic N) is 3. The molecule has 1 saturated heterocycles. The average molecular weight is 286 g/mol. The van der Waals surface area contributed by atoms with Gasteiger partial charge in [0.15, 0.2) is 5.82 Å². The smallest absolute Gasteiger partial charge is 0.223 e. The first-order valence-corrected chi connectivity index (χ1v) is 7.58. The molecule has 0 amide bonds. The zero-order chi connectivity index (χ0) is 14.7. The van der Waals surface area contributed by atoms with Crippen LogP contribution in [-0.4, -0.2) is 34.2 Å². The average Bonchev–Trinajstić information content (AvgIpc) is 2.93. The van der Waals surface area contributed by atoms with Gasteiger partial charge in [-0.05, 0) is 12.0 Å². The second kappa shape index (κ2) is 6.37. The van der Waals surface area contributed by atoms with E-state index in [2.05, 4.69) is 57.6 Å². The number of rotatable bonds is 4. The van der Waals surface area contributed by atoms with Gasteiger partial charge in [0.25, 0.3) is 0 Å². The lowest BCUT2D eigenvalue weighted by Gasteiger charge is -2.40. The van der Waals surface area contributed by atoms with Crippen LogP contribution in [0.15, 0.2) is 34.9 Å². The van der Waals surface area contributed by atoms with Crippen LogP contribution in [0.4, 0.5) is 0 Å². The van der Waals surface area contributed by atoms with Crippen LogP contribution < -0.4 is 5.32 Å². The Bertz CT molecular complexity index is 569. The van der Waals surface area contributed by atoms with Gasteiger partial charge in [-0.25, -0.2) is 0 Å². The van der Waals surface area contributed by atoms with E-state index in [0.29, 0.717) is 18.0 Å². The summed E-state index contributed by atoms with van der Waals surface area (Å²) in [4.78, 5) is 6.79. The minimum atomic E-state index is 0.354. The van der Waals surface area contributed by atoms with Gasteiger partial charge in [0.05, 0.1) is 6.54 Å². The van der Waals surface area contributed by atoms with Crippen molar-refractivity contribution in [1.29, 1.82) is 0 Å². The normalized spacial score (nSPS) is 23.3. The van der Waals surface area contributed by atoms with Crippen LogP contribution in [0, 0.1) is 6.92 Å². The highest BCUT2D eigenvalue weighted by atomic mass is 16.5. The number of nitrogens with one attached hydrogen (secondary N) is 1. The van der Waals surface area contributed by atoms with E-state index in [1.165, 1.54) is 5.56 Å². The molecule has 5 heteroatoms. The van der Waals surface area contributed by atoms with Gasteiger partial charge in [0.2, 0.25) is 5.89 Å². The molecule has 112 valence electrons. The summed E-state index contributed by atoms with van der Waals surface area (Å²) in [5, 5.41) is 7.67. The maximum Gasteiger partial charge on any atom is 0.223 e.